The molecule has 2 N–H and O–H groups in total. The molecule has 0 saturated heterocycles. The van der Waals surface area contributed by atoms with E-state index in [4.69, 9.17) is 17.3 Å². The predicted octanol–water partition coefficient (Wildman–Crippen LogP) is 4.69. The number of hydrogen-bond donors (Lipinski definition) is 1. The summed E-state index contributed by atoms with van der Waals surface area (Å²) in [6.45, 7) is 4.21. The smallest absolute Gasteiger partial charge is 0.0566 e. The summed E-state index contributed by atoms with van der Waals surface area (Å²) < 4.78 is 0. The highest BCUT2D eigenvalue weighted by Crippen LogP contribution is 2.37. The Labute approximate surface area is 111 Å². The van der Waals surface area contributed by atoms with E-state index in [1.807, 2.05) is 18.2 Å². The van der Waals surface area contributed by atoms with Gasteiger partial charge in [0.15, 0.2) is 0 Å². The van der Waals surface area contributed by atoms with Crippen LogP contribution >= 0.6 is 23.4 Å². The first kappa shape index (κ1) is 12.3. The molecule has 0 fully saturated rings. The lowest BCUT2D eigenvalue weighted by molar-refractivity contribution is 1.27. The third-order valence-corrected chi connectivity index (χ3v) is 4.27. The summed E-state index contributed by atoms with van der Waals surface area (Å²) in [6, 6.07) is 12.0. The van der Waals surface area contributed by atoms with Gasteiger partial charge in [0.2, 0.25) is 0 Å². The number of rotatable bonds is 2. The molecule has 0 aliphatic rings. The van der Waals surface area contributed by atoms with E-state index in [2.05, 4.69) is 32.0 Å². The fourth-order valence-corrected chi connectivity index (χ4v) is 2.78. The van der Waals surface area contributed by atoms with E-state index in [9.17, 15) is 0 Å². The zero-order chi connectivity index (χ0) is 12.4. The van der Waals surface area contributed by atoms with Crippen LogP contribution in [0.4, 0.5) is 5.69 Å². The zero-order valence-electron chi connectivity index (χ0n) is 9.83. The second-order valence-corrected chi connectivity index (χ2v) is 5.50. The largest absolute Gasteiger partial charge is 0.398 e. The van der Waals surface area contributed by atoms with Gasteiger partial charge in [-0.25, -0.2) is 0 Å². The summed E-state index contributed by atoms with van der Waals surface area (Å²) in [6.07, 6.45) is 0. The van der Waals surface area contributed by atoms with Crippen molar-refractivity contribution in [2.45, 2.75) is 23.6 Å². The molecule has 2 rings (SSSR count). The highest BCUT2D eigenvalue weighted by atomic mass is 35.5. The quantitative estimate of drug-likeness (QED) is 0.796. The van der Waals surface area contributed by atoms with Crippen molar-refractivity contribution in [3.63, 3.8) is 0 Å². The van der Waals surface area contributed by atoms with Gasteiger partial charge in [0.05, 0.1) is 9.92 Å². The fourth-order valence-electron chi connectivity index (χ4n) is 1.53. The van der Waals surface area contributed by atoms with E-state index in [0.717, 1.165) is 15.5 Å². The number of anilines is 1. The van der Waals surface area contributed by atoms with E-state index in [-0.39, 0.29) is 0 Å². The average molecular weight is 264 g/mol. The first-order valence-electron chi connectivity index (χ1n) is 5.37. The van der Waals surface area contributed by atoms with Crippen molar-refractivity contribution >= 4 is 29.1 Å². The van der Waals surface area contributed by atoms with Gasteiger partial charge in [-0.3, -0.25) is 0 Å². The Morgan fingerprint density at radius 3 is 2.47 bits per heavy atom. The van der Waals surface area contributed by atoms with Gasteiger partial charge in [-0.15, -0.1) is 0 Å². The van der Waals surface area contributed by atoms with Gasteiger partial charge in [0, 0.05) is 10.6 Å². The monoisotopic (exact) mass is 263 g/mol. The van der Waals surface area contributed by atoms with Gasteiger partial charge < -0.3 is 5.73 Å². The van der Waals surface area contributed by atoms with Crippen LogP contribution in [-0.4, -0.2) is 0 Å². The van der Waals surface area contributed by atoms with Crippen molar-refractivity contribution < 1.29 is 0 Å². The first-order chi connectivity index (χ1) is 8.08. The van der Waals surface area contributed by atoms with Crippen LogP contribution in [0, 0.1) is 13.8 Å². The fraction of sp³-hybridized carbons (Fsp3) is 0.143. The Morgan fingerprint density at radius 2 is 1.82 bits per heavy atom. The van der Waals surface area contributed by atoms with Crippen LogP contribution in [0.15, 0.2) is 46.2 Å². The number of nitrogen functional groups attached to an aromatic ring is 1. The molecule has 3 heteroatoms. The van der Waals surface area contributed by atoms with E-state index >= 15 is 0 Å². The van der Waals surface area contributed by atoms with Crippen LogP contribution in [-0.2, 0) is 0 Å². The molecule has 17 heavy (non-hydrogen) atoms. The van der Waals surface area contributed by atoms with Gasteiger partial charge in [-0.05, 0) is 49.2 Å². The Balaban J connectivity index is 2.35. The molecular formula is C14H14ClNS. The average Bonchev–Trinajstić information content (AvgIpc) is 2.28. The molecule has 2 aromatic carbocycles. The molecule has 88 valence electrons. The molecule has 1 nitrogen and oxygen atoms in total. The normalized spacial score (nSPS) is 10.5. The van der Waals surface area contributed by atoms with Crippen LogP contribution in [0.2, 0.25) is 5.02 Å². The van der Waals surface area contributed by atoms with E-state index in [1.165, 1.54) is 11.1 Å². The van der Waals surface area contributed by atoms with Crippen LogP contribution in [0.3, 0.4) is 0 Å². The van der Waals surface area contributed by atoms with Gasteiger partial charge in [0.1, 0.15) is 0 Å². The molecule has 0 aromatic heterocycles. The number of halogens is 1. The highest BCUT2D eigenvalue weighted by molar-refractivity contribution is 7.99. The Kier molecular flexibility index (Phi) is 3.65. The minimum absolute atomic E-state index is 0.702. The maximum atomic E-state index is 6.15. The molecule has 0 aliphatic carbocycles. The van der Waals surface area contributed by atoms with Crippen LogP contribution < -0.4 is 5.73 Å². The number of benzene rings is 2. The molecule has 0 amide bonds. The molecule has 0 unspecified atom stereocenters. The zero-order valence-corrected chi connectivity index (χ0v) is 11.4. The summed E-state index contributed by atoms with van der Waals surface area (Å²) >= 11 is 7.76. The van der Waals surface area contributed by atoms with Crippen molar-refractivity contribution in [3.05, 3.63) is 52.5 Å². The molecule has 0 radical (unpaired) electrons. The number of aryl methyl sites for hydroxylation is 2. The van der Waals surface area contributed by atoms with Crippen LogP contribution in [0.5, 0.6) is 0 Å². The molecule has 2 aromatic rings. The topological polar surface area (TPSA) is 26.0 Å². The van der Waals surface area contributed by atoms with E-state index < -0.39 is 0 Å². The SMILES string of the molecule is Cc1ccc(Sc2c(N)cccc2Cl)cc1C. The standard InChI is InChI=1S/C14H14ClNS/c1-9-6-7-11(8-10(9)2)17-14-12(15)4-3-5-13(14)16/h3-8H,16H2,1-2H3. The third-order valence-electron chi connectivity index (χ3n) is 2.70. The first-order valence-corrected chi connectivity index (χ1v) is 6.56. The third kappa shape index (κ3) is 2.76. The van der Waals surface area contributed by atoms with Crippen molar-refractivity contribution in [2.75, 3.05) is 5.73 Å². The molecular weight excluding hydrogens is 250 g/mol. The maximum absolute atomic E-state index is 6.15. The summed E-state index contributed by atoms with van der Waals surface area (Å²) in [5, 5.41) is 0.702. The van der Waals surface area contributed by atoms with E-state index in [0.29, 0.717) is 5.02 Å². The minimum atomic E-state index is 0.702. The lowest BCUT2D eigenvalue weighted by Gasteiger charge is -2.09. The highest BCUT2D eigenvalue weighted by Gasteiger charge is 2.07. The van der Waals surface area contributed by atoms with Crippen molar-refractivity contribution in [2.24, 2.45) is 0 Å². The number of hydrogen-bond acceptors (Lipinski definition) is 2. The summed E-state index contributed by atoms with van der Waals surface area (Å²) in [5.74, 6) is 0. The predicted molar refractivity (Wildman–Crippen MR) is 75.9 cm³/mol. The second-order valence-electron chi connectivity index (χ2n) is 4.01. The van der Waals surface area contributed by atoms with Gasteiger partial charge in [-0.2, -0.15) is 0 Å². The molecule has 0 bridgehead atoms. The summed E-state index contributed by atoms with van der Waals surface area (Å²) in [4.78, 5) is 2.09. The Hall–Kier alpha value is -1.12. The summed E-state index contributed by atoms with van der Waals surface area (Å²) in [7, 11) is 0. The molecule has 0 aliphatic heterocycles. The Morgan fingerprint density at radius 1 is 1.06 bits per heavy atom. The minimum Gasteiger partial charge on any atom is -0.398 e. The van der Waals surface area contributed by atoms with Gasteiger partial charge >= 0.3 is 0 Å². The molecule has 0 spiro atoms. The maximum Gasteiger partial charge on any atom is 0.0566 e. The lowest BCUT2D eigenvalue weighted by Crippen LogP contribution is -1.89. The van der Waals surface area contributed by atoms with E-state index in [1.54, 1.807) is 11.8 Å². The van der Waals surface area contributed by atoms with Crippen molar-refractivity contribution in [3.8, 4) is 0 Å². The Bertz CT molecular complexity index is 532. The lowest BCUT2D eigenvalue weighted by atomic mass is 10.1. The summed E-state index contributed by atoms with van der Waals surface area (Å²) in [5.41, 5.74) is 9.23. The van der Waals surface area contributed by atoms with Crippen LogP contribution in [0.1, 0.15) is 11.1 Å². The van der Waals surface area contributed by atoms with Crippen LogP contribution in [0.25, 0.3) is 0 Å². The molecule has 0 heterocycles. The number of nitrogens with two attached hydrogens (primary N) is 1. The molecule has 0 atom stereocenters. The second kappa shape index (κ2) is 5.03. The van der Waals surface area contributed by atoms with Gasteiger partial charge in [-0.1, -0.05) is 35.5 Å². The van der Waals surface area contributed by atoms with Gasteiger partial charge in [0.25, 0.3) is 0 Å². The van der Waals surface area contributed by atoms with Crippen molar-refractivity contribution in [1.29, 1.82) is 0 Å². The molecule has 0 saturated carbocycles. The van der Waals surface area contributed by atoms with Crippen molar-refractivity contribution in [1.82, 2.24) is 0 Å².